The van der Waals surface area contributed by atoms with Crippen molar-refractivity contribution >= 4 is 46.2 Å². The van der Waals surface area contributed by atoms with Gasteiger partial charge < -0.3 is 11.1 Å². The third-order valence-electron chi connectivity index (χ3n) is 3.34. The molecule has 0 atom stereocenters. The van der Waals surface area contributed by atoms with E-state index in [0.717, 1.165) is 28.1 Å². The number of fused-ring (bicyclic) bond motifs is 1. The van der Waals surface area contributed by atoms with Gasteiger partial charge in [-0.25, -0.2) is 4.98 Å². The summed E-state index contributed by atoms with van der Waals surface area (Å²) in [6.07, 6.45) is 2.52. The molecule has 3 rings (SSSR count). The van der Waals surface area contributed by atoms with E-state index in [9.17, 15) is 4.79 Å². The normalized spacial score (nSPS) is 10.5. The van der Waals surface area contributed by atoms with Crippen molar-refractivity contribution in [2.24, 2.45) is 5.73 Å². The molecule has 2 heterocycles. The predicted molar refractivity (Wildman–Crippen MR) is 95.5 cm³/mol. The molecule has 8 heteroatoms. The number of carbonyl (C=O) groups is 1. The molecule has 0 saturated carbocycles. The van der Waals surface area contributed by atoms with Crippen molar-refractivity contribution in [2.45, 2.75) is 19.9 Å². The number of carbonyl (C=O) groups excluding carboxylic acids is 1. The molecule has 1 amide bonds. The summed E-state index contributed by atoms with van der Waals surface area (Å²) >= 11 is 1.46. The lowest BCUT2D eigenvalue weighted by atomic mass is 10.2. The number of halogens is 1. The van der Waals surface area contributed by atoms with Crippen LogP contribution in [0.3, 0.4) is 0 Å². The van der Waals surface area contributed by atoms with Gasteiger partial charge in [0.05, 0.1) is 16.7 Å². The molecule has 0 radical (unpaired) electrons. The predicted octanol–water partition coefficient (Wildman–Crippen LogP) is 2.69. The molecule has 1 aromatic carbocycles. The van der Waals surface area contributed by atoms with Crippen LogP contribution in [0.25, 0.3) is 10.9 Å². The van der Waals surface area contributed by atoms with Gasteiger partial charge in [0.25, 0.3) is 5.91 Å². The summed E-state index contributed by atoms with van der Waals surface area (Å²) in [5.74, 6) is -0.207. The van der Waals surface area contributed by atoms with Crippen LogP contribution in [0.4, 0.5) is 5.69 Å². The molecule has 23 heavy (non-hydrogen) atoms. The van der Waals surface area contributed by atoms with E-state index in [2.05, 4.69) is 15.4 Å². The molecular formula is C15H18ClN5OS. The second-order valence-electron chi connectivity index (χ2n) is 4.85. The van der Waals surface area contributed by atoms with Gasteiger partial charge in [0, 0.05) is 29.4 Å². The number of aryl methyl sites for hydroxylation is 1. The number of nitrogens with zero attached hydrogens (tertiary/aromatic N) is 3. The number of benzene rings is 1. The molecule has 0 saturated heterocycles. The molecule has 122 valence electrons. The van der Waals surface area contributed by atoms with E-state index in [-0.39, 0.29) is 18.3 Å². The average molecular weight is 352 g/mol. The Labute approximate surface area is 144 Å². The third kappa shape index (κ3) is 3.69. The van der Waals surface area contributed by atoms with E-state index in [4.69, 9.17) is 5.73 Å². The van der Waals surface area contributed by atoms with Gasteiger partial charge in [-0.15, -0.1) is 23.7 Å². The summed E-state index contributed by atoms with van der Waals surface area (Å²) in [6.45, 7) is 3.35. The first-order chi connectivity index (χ1) is 10.7. The van der Waals surface area contributed by atoms with Crippen LogP contribution in [0, 0.1) is 0 Å². The summed E-state index contributed by atoms with van der Waals surface area (Å²) in [5.41, 5.74) is 7.66. The van der Waals surface area contributed by atoms with Crippen LogP contribution >= 0.6 is 23.7 Å². The summed E-state index contributed by atoms with van der Waals surface area (Å²) in [7, 11) is 0. The van der Waals surface area contributed by atoms with Crippen molar-refractivity contribution in [3.05, 3.63) is 40.5 Å². The van der Waals surface area contributed by atoms with Crippen LogP contribution < -0.4 is 11.1 Å². The summed E-state index contributed by atoms with van der Waals surface area (Å²) in [4.78, 5) is 16.5. The zero-order valence-electron chi connectivity index (χ0n) is 12.7. The quantitative estimate of drug-likeness (QED) is 0.740. The Morgan fingerprint density at radius 2 is 2.26 bits per heavy atom. The standard InChI is InChI=1S/C15H17N5OS.ClH/c1-2-20-13-7-11(4-3-10(13)8-17-20)18-15(21)12-9-22-14(19-12)5-6-16;/h3-4,7-9H,2,5-6,16H2,1H3,(H,18,21);1H. The van der Waals surface area contributed by atoms with Gasteiger partial charge in [0.1, 0.15) is 5.69 Å². The lowest BCUT2D eigenvalue weighted by molar-refractivity contribution is 0.102. The van der Waals surface area contributed by atoms with Crippen molar-refractivity contribution in [2.75, 3.05) is 11.9 Å². The minimum atomic E-state index is -0.207. The fourth-order valence-corrected chi connectivity index (χ4v) is 3.04. The Bertz CT molecular complexity index is 813. The van der Waals surface area contributed by atoms with Crippen molar-refractivity contribution in [1.29, 1.82) is 0 Å². The van der Waals surface area contributed by atoms with Crippen LogP contribution in [-0.2, 0) is 13.0 Å². The van der Waals surface area contributed by atoms with Gasteiger partial charge in [-0.3, -0.25) is 9.48 Å². The SMILES string of the molecule is CCn1ncc2ccc(NC(=O)c3csc(CCN)n3)cc21.Cl. The molecule has 2 aromatic heterocycles. The molecule has 0 aliphatic heterocycles. The molecule has 0 spiro atoms. The van der Waals surface area contributed by atoms with Gasteiger partial charge in [-0.2, -0.15) is 5.10 Å². The van der Waals surface area contributed by atoms with E-state index in [1.165, 1.54) is 11.3 Å². The summed E-state index contributed by atoms with van der Waals surface area (Å²) in [5, 5.41) is 10.9. The Hall–Kier alpha value is -1.96. The smallest absolute Gasteiger partial charge is 0.275 e. The lowest BCUT2D eigenvalue weighted by Crippen LogP contribution is -2.13. The molecule has 6 nitrogen and oxygen atoms in total. The molecule has 3 aromatic rings. The topological polar surface area (TPSA) is 85.8 Å². The maximum atomic E-state index is 12.2. The number of amides is 1. The molecule has 0 fully saturated rings. The third-order valence-corrected chi connectivity index (χ3v) is 4.25. The van der Waals surface area contributed by atoms with Crippen LogP contribution in [0.1, 0.15) is 22.4 Å². The monoisotopic (exact) mass is 351 g/mol. The van der Waals surface area contributed by atoms with Crippen LogP contribution in [-0.4, -0.2) is 27.2 Å². The van der Waals surface area contributed by atoms with Crippen LogP contribution in [0.5, 0.6) is 0 Å². The number of aromatic nitrogens is 3. The van der Waals surface area contributed by atoms with E-state index in [1.807, 2.05) is 36.0 Å². The summed E-state index contributed by atoms with van der Waals surface area (Å²) in [6, 6.07) is 5.75. The first-order valence-corrected chi connectivity index (χ1v) is 8.00. The van der Waals surface area contributed by atoms with Crippen molar-refractivity contribution < 1.29 is 4.79 Å². The molecule has 0 unspecified atom stereocenters. The summed E-state index contributed by atoms with van der Waals surface area (Å²) < 4.78 is 1.90. The molecular weight excluding hydrogens is 334 g/mol. The lowest BCUT2D eigenvalue weighted by Gasteiger charge is -2.05. The van der Waals surface area contributed by atoms with Crippen molar-refractivity contribution in [3.8, 4) is 0 Å². The molecule has 0 aliphatic carbocycles. The molecule has 3 N–H and O–H groups in total. The Balaban J connectivity index is 0.00000192. The number of nitrogens with one attached hydrogen (secondary N) is 1. The number of nitrogens with two attached hydrogens (primary N) is 1. The Morgan fingerprint density at radius 1 is 1.43 bits per heavy atom. The van der Waals surface area contributed by atoms with Gasteiger partial charge in [-0.05, 0) is 31.7 Å². The van der Waals surface area contributed by atoms with E-state index < -0.39 is 0 Å². The van der Waals surface area contributed by atoms with Crippen molar-refractivity contribution in [3.63, 3.8) is 0 Å². The fourth-order valence-electron chi connectivity index (χ4n) is 2.25. The van der Waals surface area contributed by atoms with E-state index in [1.54, 1.807) is 5.38 Å². The minimum Gasteiger partial charge on any atom is -0.330 e. The van der Waals surface area contributed by atoms with Crippen molar-refractivity contribution in [1.82, 2.24) is 14.8 Å². The Kier molecular flexibility index (Phi) is 5.70. The van der Waals surface area contributed by atoms with Gasteiger partial charge in [0.2, 0.25) is 0 Å². The maximum Gasteiger partial charge on any atom is 0.275 e. The highest BCUT2D eigenvalue weighted by molar-refractivity contribution is 7.09. The number of thiazole rings is 1. The van der Waals surface area contributed by atoms with Gasteiger partial charge in [0.15, 0.2) is 0 Å². The highest BCUT2D eigenvalue weighted by Gasteiger charge is 2.11. The number of anilines is 1. The van der Waals surface area contributed by atoms with E-state index >= 15 is 0 Å². The zero-order chi connectivity index (χ0) is 15.5. The highest BCUT2D eigenvalue weighted by Crippen LogP contribution is 2.20. The number of rotatable bonds is 5. The van der Waals surface area contributed by atoms with Crippen LogP contribution in [0.2, 0.25) is 0 Å². The first-order valence-electron chi connectivity index (χ1n) is 7.12. The highest BCUT2D eigenvalue weighted by atomic mass is 35.5. The maximum absolute atomic E-state index is 12.2. The zero-order valence-corrected chi connectivity index (χ0v) is 14.3. The number of hydrogen-bond acceptors (Lipinski definition) is 5. The first kappa shape index (κ1) is 17.4. The fraction of sp³-hybridized carbons (Fsp3) is 0.267. The second-order valence-corrected chi connectivity index (χ2v) is 5.80. The minimum absolute atomic E-state index is 0. The van der Waals surface area contributed by atoms with Crippen LogP contribution in [0.15, 0.2) is 29.8 Å². The van der Waals surface area contributed by atoms with Gasteiger partial charge in [-0.1, -0.05) is 0 Å². The average Bonchev–Trinajstić information content (AvgIpc) is 3.14. The molecule has 0 aliphatic rings. The largest absolute Gasteiger partial charge is 0.330 e. The second kappa shape index (κ2) is 7.54. The van der Waals surface area contributed by atoms with E-state index in [0.29, 0.717) is 18.7 Å². The molecule has 0 bridgehead atoms. The Morgan fingerprint density at radius 3 is 3.00 bits per heavy atom. The van der Waals surface area contributed by atoms with Gasteiger partial charge >= 0.3 is 0 Å². The number of hydrogen-bond donors (Lipinski definition) is 2.